The summed E-state index contributed by atoms with van der Waals surface area (Å²) < 4.78 is 0. The third-order valence-electron chi connectivity index (χ3n) is 3.25. The van der Waals surface area contributed by atoms with Crippen LogP contribution in [-0.2, 0) is 9.59 Å². The van der Waals surface area contributed by atoms with E-state index in [0.717, 1.165) is 18.9 Å². The highest BCUT2D eigenvalue weighted by Crippen LogP contribution is 2.09. The maximum atomic E-state index is 11.5. The van der Waals surface area contributed by atoms with Crippen LogP contribution >= 0.6 is 0 Å². The molecular weight excluding hydrogens is 280 g/mol. The Morgan fingerprint density at radius 3 is 2.00 bits per heavy atom. The van der Waals surface area contributed by atoms with Gasteiger partial charge in [-0.3, -0.25) is 4.79 Å². The zero-order valence-electron chi connectivity index (χ0n) is 13.5. The van der Waals surface area contributed by atoms with E-state index >= 15 is 0 Å². The van der Waals surface area contributed by atoms with Crippen LogP contribution in [0, 0.1) is 0 Å². The molecule has 124 valence electrons. The van der Waals surface area contributed by atoms with Gasteiger partial charge in [0.2, 0.25) is 5.76 Å². The van der Waals surface area contributed by atoms with Gasteiger partial charge in [0.05, 0.1) is 0 Å². The summed E-state index contributed by atoms with van der Waals surface area (Å²) in [6.45, 7) is 2.21. The number of allylic oxidation sites excluding steroid dienone is 5. The highest BCUT2D eigenvalue weighted by Gasteiger charge is 1.99. The Balaban J connectivity index is 3.65. The second-order valence-electron chi connectivity index (χ2n) is 5.29. The molecule has 4 nitrogen and oxygen atoms in total. The zero-order chi connectivity index (χ0) is 16.6. The van der Waals surface area contributed by atoms with Crippen LogP contribution in [0.4, 0.5) is 0 Å². The molecule has 0 atom stereocenters. The first-order valence-electron chi connectivity index (χ1n) is 8.08. The fraction of sp³-hybridized carbons (Fsp3) is 0.556. The number of hydrogen-bond acceptors (Lipinski definition) is 3. The number of carbonyl (C=O) groups is 2. The van der Waals surface area contributed by atoms with E-state index in [9.17, 15) is 9.59 Å². The number of aliphatic hydroxyl groups is 1. The standard InChI is InChI=1S/C18H28O4/c1-2-3-4-5-6-7-8-10-13-16(19)14-11-9-12-15-17(20)18(21)22/h9,11-12,14-15,20H,2-8,10,13H2,1H3,(H,21,22)/b12-9+,14-11+,17-15-. The molecular formula is C18H28O4. The molecule has 0 heterocycles. The van der Waals surface area contributed by atoms with Crippen molar-refractivity contribution in [2.45, 2.75) is 64.7 Å². The summed E-state index contributed by atoms with van der Waals surface area (Å²) >= 11 is 0. The molecule has 4 heteroatoms. The summed E-state index contributed by atoms with van der Waals surface area (Å²) in [5.41, 5.74) is 0. The summed E-state index contributed by atoms with van der Waals surface area (Å²) in [6.07, 6.45) is 17.2. The molecule has 0 aromatic rings. The highest BCUT2D eigenvalue weighted by atomic mass is 16.4. The normalized spacial score (nSPS) is 12.3. The molecule has 0 aromatic carbocycles. The molecule has 0 saturated carbocycles. The van der Waals surface area contributed by atoms with Gasteiger partial charge in [-0.15, -0.1) is 0 Å². The minimum Gasteiger partial charge on any atom is -0.502 e. The van der Waals surface area contributed by atoms with Crippen molar-refractivity contribution in [3.05, 3.63) is 36.1 Å². The Bertz CT molecular complexity index is 405. The maximum absolute atomic E-state index is 11.5. The van der Waals surface area contributed by atoms with E-state index in [1.807, 2.05) is 0 Å². The third-order valence-corrected chi connectivity index (χ3v) is 3.25. The Kier molecular flexibility index (Phi) is 12.9. The van der Waals surface area contributed by atoms with E-state index in [1.54, 1.807) is 6.08 Å². The number of rotatable bonds is 13. The van der Waals surface area contributed by atoms with Crippen LogP contribution in [0.15, 0.2) is 36.1 Å². The van der Waals surface area contributed by atoms with Crippen molar-refractivity contribution in [1.82, 2.24) is 0 Å². The zero-order valence-corrected chi connectivity index (χ0v) is 13.5. The summed E-state index contributed by atoms with van der Waals surface area (Å²) in [5, 5.41) is 17.3. The second-order valence-corrected chi connectivity index (χ2v) is 5.29. The molecule has 0 fully saturated rings. The fourth-order valence-corrected chi connectivity index (χ4v) is 1.96. The van der Waals surface area contributed by atoms with E-state index in [0.29, 0.717) is 6.42 Å². The molecule has 0 aliphatic carbocycles. The molecule has 2 N–H and O–H groups in total. The van der Waals surface area contributed by atoms with Crippen LogP contribution < -0.4 is 0 Å². The summed E-state index contributed by atoms with van der Waals surface area (Å²) in [6, 6.07) is 0. The van der Waals surface area contributed by atoms with Crippen molar-refractivity contribution >= 4 is 11.8 Å². The van der Waals surface area contributed by atoms with Gasteiger partial charge in [0, 0.05) is 6.42 Å². The van der Waals surface area contributed by atoms with Crippen molar-refractivity contribution in [1.29, 1.82) is 0 Å². The molecule has 22 heavy (non-hydrogen) atoms. The van der Waals surface area contributed by atoms with Crippen molar-refractivity contribution in [2.75, 3.05) is 0 Å². The van der Waals surface area contributed by atoms with Crippen molar-refractivity contribution in [3.63, 3.8) is 0 Å². The Morgan fingerprint density at radius 1 is 0.818 bits per heavy atom. The largest absolute Gasteiger partial charge is 0.502 e. The van der Waals surface area contributed by atoms with Gasteiger partial charge in [-0.25, -0.2) is 4.79 Å². The van der Waals surface area contributed by atoms with Crippen molar-refractivity contribution in [2.24, 2.45) is 0 Å². The number of aliphatic hydroxyl groups excluding tert-OH is 1. The lowest BCUT2D eigenvalue weighted by Gasteiger charge is -2.00. The van der Waals surface area contributed by atoms with Gasteiger partial charge < -0.3 is 10.2 Å². The summed E-state index contributed by atoms with van der Waals surface area (Å²) in [4.78, 5) is 21.8. The lowest BCUT2D eigenvalue weighted by atomic mass is 10.1. The first kappa shape index (κ1) is 20.2. The van der Waals surface area contributed by atoms with Gasteiger partial charge in [-0.1, -0.05) is 70.1 Å². The van der Waals surface area contributed by atoms with Crippen LogP contribution in [0.25, 0.3) is 0 Å². The Hall–Kier alpha value is -1.84. The molecule has 0 rings (SSSR count). The summed E-state index contributed by atoms with van der Waals surface area (Å²) in [5.74, 6) is -2.03. The van der Waals surface area contributed by atoms with Crippen LogP contribution in [0.2, 0.25) is 0 Å². The number of unbranched alkanes of at least 4 members (excludes halogenated alkanes) is 7. The average Bonchev–Trinajstić information content (AvgIpc) is 2.49. The lowest BCUT2D eigenvalue weighted by Crippen LogP contribution is -1.97. The number of ketones is 1. The van der Waals surface area contributed by atoms with Gasteiger partial charge >= 0.3 is 5.97 Å². The number of carboxylic acids is 1. The number of hydrogen-bond donors (Lipinski definition) is 2. The molecule has 0 spiro atoms. The first-order valence-corrected chi connectivity index (χ1v) is 8.08. The van der Waals surface area contributed by atoms with Gasteiger partial charge in [-0.2, -0.15) is 0 Å². The second kappa shape index (κ2) is 14.1. The molecule has 0 unspecified atom stereocenters. The van der Waals surface area contributed by atoms with E-state index in [1.165, 1.54) is 56.8 Å². The van der Waals surface area contributed by atoms with Gasteiger partial charge in [0.25, 0.3) is 0 Å². The van der Waals surface area contributed by atoms with Gasteiger partial charge in [0.1, 0.15) is 0 Å². The first-order chi connectivity index (χ1) is 10.6. The quantitative estimate of drug-likeness (QED) is 0.223. The molecule has 0 amide bonds. The monoisotopic (exact) mass is 308 g/mol. The molecule has 0 aromatic heterocycles. The predicted octanol–water partition coefficient (Wildman–Crippen LogP) is 4.73. The maximum Gasteiger partial charge on any atom is 0.370 e. The van der Waals surface area contributed by atoms with E-state index in [4.69, 9.17) is 10.2 Å². The lowest BCUT2D eigenvalue weighted by molar-refractivity contribution is -0.135. The van der Waals surface area contributed by atoms with Crippen LogP contribution in [0.1, 0.15) is 64.7 Å². The Morgan fingerprint density at radius 2 is 1.41 bits per heavy atom. The summed E-state index contributed by atoms with van der Waals surface area (Å²) in [7, 11) is 0. The van der Waals surface area contributed by atoms with Crippen LogP contribution in [-0.4, -0.2) is 22.0 Å². The van der Waals surface area contributed by atoms with Crippen LogP contribution in [0.3, 0.4) is 0 Å². The molecule has 0 saturated heterocycles. The van der Waals surface area contributed by atoms with Gasteiger partial charge in [0.15, 0.2) is 5.78 Å². The third kappa shape index (κ3) is 13.2. The molecule has 0 aliphatic heterocycles. The van der Waals surface area contributed by atoms with Crippen LogP contribution in [0.5, 0.6) is 0 Å². The molecule has 0 radical (unpaired) electrons. The highest BCUT2D eigenvalue weighted by molar-refractivity contribution is 5.89. The fourth-order valence-electron chi connectivity index (χ4n) is 1.96. The minimum atomic E-state index is -1.38. The predicted molar refractivity (Wildman–Crippen MR) is 88.9 cm³/mol. The van der Waals surface area contributed by atoms with Crippen molar-refractivity contribution in [3.8, 4) is 0 Å². The van der Waals surface area contributed by atoms with E-state index in [2.05, 4.69) is 6.92 Å². The molecule has 0 bridgehead atoms. The SMILES string of the molecule is CCCCCCCCCCC(=O)/C=C/C=C/C=C(\O)C(=O)O. The number of aliphatic carboxylic acids is 1. The van der Waals surface area contributed by atoms with E-state index in [-0.39, 0.29) is 5.78 Å². The molecule has 0 aliphatic rings. The topological polar surface area (TPSA) is 74.6 Å². The Labute approximate surface area is 133 Å². The smallest absolute Gasteiger partial charge is 0.370 e. The average molecular weight is 308 g/mol. The minimum absolute atomic E-state index is 0.0714. The van der Waals surface area contributed by atoms with Gasteiger partial charge in [-0.05, 0) is 18.6 Å². The van der Waals surface area contributed by atoms with E-state index < -0.39 is 11.7 Å². The van der Waals surface area contributed by atoms with Crippen molar-refractivity contribution < 1.29 is 19.8 Å². The number of carbonyl (C=O) groups excluding carboxylic acids is 1. The number of carboxylic acid groups (broad SMARTS) is 1.